The quantitative estimate of drug-likeness (QED) is 0.743. The number of hydrogen-bond acceptors (Lipinski definition) is 3. The molecule has 1 atom stereocenters. The topological polar surface area (TPSA) is 58.6 Å². The molecule has 2 heterocycles. The van der Waals surface area contributed by atoms with E-state index >= 15 is 0 Å². The van der Waals surface area contributed by atoms with Crippen molar-refractivity contribution in [2.75, 3.05) is 19.6 Å². The monoisotopic (exact) mass is 240 g/mol. The molecule has 5 heteroatoms. The van der Waals surface area contributed by atoms with Gasteiger partial charge in [-0.2, -0.15) is 0 Å². The first-order valence-corrected chi connectivity index (χ1v) is 6.12. The Morgan fingerprint density at radius 2 is 2.06 bits per heavy atom. The number of likely N-dealkylation sites (tertiary alicyclic amines) is 1. The fourth-order valence-electron chi connectivity index (χ4n) is 2.31. The lowest BCUT2D eigenvalue weighted by Gasteiger charge is -2.41. The van der Waals surface area contributed by atoms with Gasteiger partial charge in [0.05, 0.1) is 0 Å². The standard InChI is InChI=1S/C12H20N2O3/c1-12(2,3)17-11(16)14-6-8(7-14)9-4-5-13-10(9)15/h8-9H,4-7H2,1-3H3,(H,13,15). The summed E-state index contributed by atoms with van der Waals surface area (Å²) in [4.78, 5) is 24.8. The molecule has 2 rings (SSSR count). The van der Waals surface area contributed by atoms with Crippen molar-refractivity contribution >= 4 is 12.0 Å². The number of ether oxygens (including phenoxy) is 1. The number of nitrogens with zero attached hydrogens (tertiary/aromatic N) is 1. The lowest BCUT2D eigenvalue weighted by molar-refractivity contribution is -0.126. The number of carbonyl (C=O) groups excluding carboxylic acids is 2. The van der Waals surface area contributed by atoms with E-state index in [1.165, 1.54) is 0 Å². The van der Waals surface area contributed by atoms with E-state index in [0.29, 0.717) is 19.0 Å². The second-order valence-corrected chi connectivity index (χ2v) is 5.83. The van der Waals surface area contributed by atoms with Gasteiger partial charge in [0.25, 0.3) is 0 Å². The lowest BCUT2D eigenvalue weighted by Crippen LogP contribution is -2.54. The summed E-state index contributed by atoms with van der Waals surface area (Å²) in [6.07, 6.45) is 0.623. The van der Waals surface area contributed by atoms with Gasteiger partial charge in [-0.1, -0.05) is 0 Å². The molecular formula is C12H20N2O3. The van der Waals surface area contributed by atoms with Crippen LogP contribution in [0.2, 0.25) is 0 Å². The molecule has 2 saturated heterocycles. The summed E-state index contributed by atoms with van der Waals surface area (Å²) < 4.78 is 5.27. The van der Waals surface area contributed by atoms with Crippen molar-refractivity contribution in [3.63, 3.8) is 0 Å². The molecule has 0 spiro atoms. The minimum atomic E-state index is -0.451. The van der Waals surface area contributed by atoms with E-state index in [2.05, 4.69) is 5.32 Å². The Morgan fingerprint density at radius 3 is 2.53 bits per heavy atom. The van der Waals surface area contributed by atoms with Gasteiger partial charge in [0, 0.05) is 31.5 Å². The Bertz CT molecular complexity index is 329. The van der Waals surface area contributed by atoms with Gasteiger partial charge in [-0.3, -0.25) is 4.79 Å². The zero-order valence-electron chi connectivity index (χ0n) is 10.7. The van der Waals surface area contributed by atoms with Crippen LogP contribution in [-0.4, -0.2) is 42.1 Å². The zero-order chi connectivity index (χ0) is 12.6. The van der Waals surface area contributed by atoms with Crippen LogP contribution in [0.5, 0.6) is 0 Å². The SMILES string of the molecule is CC(C)(C)OC(=O)N1CC(C2CCNC2=O)C1. The van der Waals surface area contributed by atoms with E-state index < -0.39 is 5.60 Å². The molecule has 2 aliphatic heterocycles. The number of amides is 2. The molecule has 96 valence electrons. The highest BCUT2D eigenvalue weighted by molar-refractivity contribution is 5.81. The van der Waals surface area contributed by atoms with Crippen molar-refractivity contribution < 1.29 is 14.3 Å². The molecule has 0 aromatic carbocycles. The molecule has 0 aliphatic carbocycles. The summed E-state index contributed by atoms with van der Waals surface area (Å²) in [6.45, 7) is 7.62. The Kier molecular flexibility index (Phi) is 3.02. The number of hydrogen-bond donors (Lipinski definition) is 1. The van der Waals surface area contributed by atoms with Gasteiger partial charge in [-0.25, -0.2) is 4.79 Å². The van der Waals surface area contributed by atoms with Gasteiger partial charge in [0.15, 0.2) is 0 Å². The van der Waals surface area contributed by atoms with E-state index in [4.69, 9.17) is 4.74 Å². The summed E-state index contributed by atoms with van der Waals surface area (Å²) in [5.74, 6) is 0.539. The maximum absolute atomic E-state index is 11.7. The highest BCUT2D eigenvalue weighted by Gasteiger charge is 2.42. The summed E-state index contributed by atoms with van der Waals surface area (Å²) in [7, 11) is 0. The fraction of sp³-hybridized carbons (Fsp3) is 0.833. The maximum atomic E-state index is 11.7. The molecule has 0 bridgehead atoms. The van der Waals surface area contributed by atoms with Crippen LogP contribution in [0.3, 0.4) is 0 Å². The average Bonchev–Trinajstić information content (AvgIpc) is 2.46. The van der Waals surface area contributed by atoms with Gasteiger partial charge < -0.3 is 15.0 Å². The van der Waals surface area contributed by atoms with Crippen molar-refractivity contribution in [1.82, 2.24) is 10.2 Å². The van der Waals surface area contributed by atoms with Crippen LogP contribution < -0.4 is 5.32 Å². The minimum absolute atomic E-state index is 0.0914. The first-order valence-electron chi connectivity index (χ1n) is 6.12. The molecule has 0 aromatic rings. The summed E-state index contributed by atoms with van der Waals surface area (Å²) in [6, 6.07) is 0. The van der Waals surface area contributed by atoms with Crippen molar-refractivity contribution in [2.45, 2.75) is 32.8 Å². The van der Waals surface area contributed by atoms with Gasteiger partial charge >= 0.3 is 6.09 Å². The van der Waals surface area contributed by atoms with Crippen LogP contribution in [-0.2, 0) is 9.53 Å². The van der Waals surface area contributed by atoms with Gasteiger partial charge in [0.1, 0.15) is 5.60 Å². The van der Waals surface area contributed by atoms with Gasteiger partial charge in [-0.15, -0.1) is 0 Å². The Balaban J connectivity index is 1.79. The third-order valence-corrected chi connectivity index (χ3v) is 3.22. The van der Waals surface area contributed by atoms with E-state index in [-0.39, 0.29) is 17.9 Å². The van der Waals surface area contributed by atoms with Crippen LogP contribution >= 0.6 is 0 Å². The van der Waals surface area contributed by atoms with Crippen molar-refractivity contribution in [3.8, 4) is 0 Å². The third kappa shape index (κ3) is 2.70. The van der Waals surface area contributed by atoms with Crippen LogP contribution in [0.1, 0.15) is 27.2 Å². The molecule has 17 heavy (non-hydrogen) atoms. The smallest absolute Gasteiger partial charge is 0.410 e. The molecule has 2 fully saturated rings. The molecule has 1 N–H and O–H groups in total. The van der Waals surface area contributed by atoms with Crippen LogP contribution in [0.25, 0.3) is 0 Å². The average molecular weight is 240 g/mol. The Hall–Kier alpha value is -1.26. The van der Waals surface area contributed by atoms with Crippen molar-refractivity contribution in [1.29, 1.82) is 0 Å². The Morgan fingerprint density at radius 1 is 1.41 bits per heavy atom. The third-order valence-electron chi connectivity index (χ3n) is 3.22. The highest BCUT2D eigenvalue weighted by Crippen LogP contribution is 2.29. The first-order chi connectivity index (χ1) is 7.87. The van der Waals surface area contributed by atoms with Crippen LogP contribution in [0, 0.1) is 11.8 Å². The molecule has 0 radical (unpaired) electrons. The maximum Gasteiger partial charge on any atom is 0.410 e. The largest absolute Gasteiger partial charge is 0.444 e. The number of rotatable bonds is 1. The zero-order valence-corrected chi connectivity index (χ0v) is 10.7. The van der Waals surface area contributed by atoms with E-state index in [0.717, 1.165) is 13.0 Å². The van der Waals surface area contributed by atoms with E-state index in [1.807, 2.05) is 20.8 Å². The predicted octanol–water partition coefficient (Wildman–Crippen LogP) is 0.989. The summed E-state index contributed by atoms with van der Waals surface area (Å²) >= 11 is 0. The molecule has 5 nitrogen and oxygen atoms in total. The molecule has 0 aromatic heterocycles. The summed E-state index contributed by atoms with van der Waals surface area (Å²) in [5.41, 5.74) is -0.451. The normalized spacial score (nSPS) is 25.5. The van der Waals surface area contributed by atoms with Crippen molar-refractivity contribution in [3.05, 3.63) is 0 Å². The summed E-state index contributed by atoms with van der Waals surface area (Å²) in [5, 5.41) is 2.83. The molecular weight excluding hydrogens is 220 g/mol. The van der Waals surface area contributed by atoms with E-state index in [1.54, 1.807) is 4.90 Å². The second-order valence-electron chi connectivity index (χ2n) is 5.83. The molecule has 2 amide bonds. The Labute approximate surface area is 101 Å². The number of carbonyl (C=O) groups is 2. The first kappa shape index (κ1) is 12.2. The van der Waals surface area contributed by atoms with Crippen LogP contribution in [0.15, 0.2) is 0 Å². The van der Waals surface area contributed by atoms with Crippen LogP contribution in [0.4, 0.5) is 4.79 Å². The fourth-order valence-corrected chi connectivity index (χ4v) is 2.31. The number of nitrogens with one attached hydrogen (secondary N) is 1. The van der Waals surface area contributed by atoms with Gasteiger partial charge in [0.2, 0.25) is 5.91 Å². The minimum Gasteiger partial charge on any atom is -0.444 e. The van der Waals surface area contributed by atoms with E-state index in [9.17, 15) is 9.59 Å². The van der Waals surface area contributed by atoms with Crippen molar-refractivity contribution in [2.24, 2.45) is 11.8 Å². The lowest BCUT2D eigenvalue weighted by atomic mass is 9.85. The molecule has 0 saturated carbocycles. The molecule has 2 aliphatic rings. The second kappa shape index (κ2) is 4.20. The van der Waals surface area contributed by atoms with Gasteiger partial charge in [-0.05, 0) is 27.2 Å². The highest BCUT2D eigenvalue weighted by atomic mass is 16.6. The molecule has 1 unspecified atom stereocenters. The predicted molar refractivity (Wildman–Crippen MR) is 62.4 cm³/mol.